The summed E-state index contributed by atoms with van der Waals surface area (Å²) in [5.74, 6) is 0. The summed E-state index contributed by atoms with van der Waals surface area (Å²) in [6.45, 7) is 0. The number of hydrogen-bond acceptors (Lipinski definition) is 1. The van der Waals surface area contributed by atoms with E-state index in [0.29, 0.717) is 0 Å². The molecule has 0 N–H and O–H groups in total. The summed E-state index contributed by atoms with van der Waals surface area (Å²) in [7, 11) is 3.96. The van der Waals surface area contributed by atoms with Gasteiger partial charge in [-0.1, -0.05) is 0 Å². The van der Waals surface area contributed by atoms with Crippen molar-refractivity contribution >= 4 is 48.0 Å². The standard InChI is InChI=1S/Mg.SSe.Zn.2H/c;1-2;;;. The zero-order valence-corrected chi connectivity index (χ0v) is 7.02. The Kier molecular flexibility index (Phi) is 79.4. The first kappa shape index (κ1) is 16.5. The average molecular weight is 203 g/mol. The van der Waals surface area contributed by atoms with Crippen LogP contribution in [0.25, 0.3) is 0 Å². The Bertz CT molecular complexity index is 8.00. The van der Waals surface area contributed by atoms with E-state index in [0.717, 1.165) is 0 Å². The topological polar surface area (TPSA) is 0 Å². The molecule has 0 unspecified atom stereocenters. The summed E-state index contributed by atoms with van der Waals surface area (Å²) in [5, 5.41) is 0. The smallest absolute Gasteiger partial charge is 0 e. The molecule has 0 bridgehead atoms. The average Bonchev–Trinajstić information content (AvgIpc) is 1.00. The third kappa shape index (κ3) is 8.92. The summed E-state index contributed by atoms with van der Waals surface area (Å²) >= 11 is 2.21. The SMILES string of the molecule is S=[Se].[MgH2].[Zn]. The molecule has 0 amide bonds. The molecule has 0 aromatic rings. The number of hydrogen-bond donors (Lipinski definition) is 0. The molecule has 4 heavy (non-hydrogen) atoms. The minimum atomic E-state index is 0. The minimum absolute atomic E-state index is 0. The largest absolute Gasteiger partial charge is 0.316 e. The predicted octanol–water partition coefficient (Wildman–Crippen LogP) is -0.651. The zero-order valence-electron chi connectivity index (χ0n) is 1.52. The van der Waals surface area contributed by atoms with Crippen LogP contribution in [0.15, 0.2) is 0 Å². The van der Waals surface area contributed by atoms with E-state index >= 15 is 0 Å². The van der Waals surface area contributed by atoms with Gasteiger partial charge in [0.2, 0.25) is 0 Å². The maximum absolute atomic E-state index is 3.96. The molecule has 0 rings (SSSR count). The molecule has 0 aromatic carbocycles. The van der Waals surface area contributed by atoms with Crippen LogP contribution < -0.4 is 0 Å². The van der Waals surface area contributed by atoms with Gasteiger partial charge in [-0.15, -0.1) is 0 Å². The van der Waals surface area contributed by atoms with Gasteiger partial charge < -0.3 is 0 Å². The Balaban J connectivity index is -0.00000000500. The van der Waals surface area contributed by atoms with E-state index in [1.807, 2.05) is 0 Å². The fourth-order valence-corrected chi connectivity index (χ4v) is 0. The fourth-order valence-electron chi connectivity index (χ4n) is 0. The van der Waals surface area contributed by atoms with E-state index in [1.165, 1.54) is 0 Å². The Morgan fingerprint density at radius 3 is 1.25 bits per heavy atom. The van der Waals surface area contributed by atoms with Crippen LogP contribution in [-0.4, -0.2) is 37.4 Å². The Morgan fingerprint density at radius 1 is 1.25 bits per heavy atom. The fraction of sp³-hybridized carbons (Fsp3) is 0. The maximum Gasteiger partial charge on any atom is 0.316 e. The van der Waals surface area contributed by atoms with Crippen LogP contribution in [0, 0.1) is 0 Å². The monoisotopic (exact) mass is 202 g/mol. The maximum atomic E-state index is 3.96. The van der Waals surface area contributed by atoms with Gasteiger partial charge in [-0.3, -0.25) is 0 Å². The second kappa shape index (κ2) is 19.3. The molecule has 0 aliphatic rings. The van der Waals surface area contributed by atoms with Crippen LogP contribution in [0.2, 0.25) is 0 Å². The molecule has 0 saturated carbocycles. The van der Waals surface area contributed by atoms with Gasteiger partial charge in [-0.25, -0.2) is 0 Å². The van der Waals surface area contributed by atoms with E-state index in [2.05, 4.69) is 24.9 Å². The molecular weight excluding hydrogens is 201 g/mol. The van der Waals surface area contributed by atoms with Crippen molar-refractivity contribution in [3.63, 3.8) is 0 Å². The summed E-state index contributed by atoms with van der Waals surface area (Å²) in [5.41, 5.74) is 0. The molecule has 0 aliphatic heterocycles. The van der Waals surface area contributed by atoms with Gasteiger partial charge in [0, 0.05) is 19.5 Å². The summed E-state index contributed by atoms with van der Waals surface area (Å²) in [6.07, 6.45) is 0. The van der Waals surface area contributed by atoms with Crippen molar-refractivity contribution in [3.8, 4) is 0 Å². The number of rotatable bonds is 0. The first-order valence-corrected chi connectivity index (χ1v) is 2.60. The molecule has 0 heterocycles. The molecule has 0 spiro atoms. The van der Waals surface area contributed by atoms with Crippen LogP contribution in [0.5, 0.6) is 0 Å². The molecule has 18 valence electrons. The quantitative estimate of drug-likeness (QED) is 0.471. The van der Waals surface area contributed by atoms with E-state index in [4.69, 9.17) is 0 Å². The van der Waals surface area contributed by atoms with Gasteiger partial charge in [0.25, 0.3) is 0 Å². The Hall–Kier alpha value is 2.13. The molecule has 0 fully saturated rings. The molecule has 0 aliphatic carbocycles. The van der Waals surface area contributed by atoms with Crippen molar-refractivity contribution in [3.05, 3.63) is 0 Å². The molecule has 0 atom stereocenters. The van der Waals surface area contributed by atoms with Crippen LogP contribution in [-0.2, 0) is 19.5 Å². The van der Waals surface area contributed by atoms with Gasteiger partial charge in [0.05, 0.1) is 0 Å². The predicted molar refractivity (Wildman–Crippen MR) is 21.9 cm³/mol. The van der Waals surface area contributed by atoms with Crippen LogP contribution in [0.3, 0.4) is 0 Å². The van der Waals surface area contributed by atoms with Crippen LogP contribution in [0.4, 0.5) is 0 Å². The van der Waals surface area contributed by atoms with Crippen molar-refractivity contribution < 1.29 is 19.5 Å². The molecule has 4 heteroatoms. The van der Waals surface area contributed by atoms with Crippen molar-refractivity contribution in [2.45, 2.75) is 0 Å². The van der Waals surface area contributed by atoms with Gasteiger partial charge in [-0.05, 0) is 0 Å². The molecule has 0 radical (unpaired) electrons. The van der Waals surface area contributed by atoms with Gasteiger partial charge in [-0.2, -0.15) is 0 Å². The minimum Gasteiger partial charge on any atom is 0 e. The van der Waals surface area contributed by atoms with Crippen molar-refractivity contribution in [2.75, 3.05) is 0 Å². The normalized spacial score (nSPS) is 1.00. The van der Waals surface area contributed by atoms with E-state index < -0.39 is 0 Å². The second-order valence-corrected chi connectivity index (χ2v) is 0. The summed E-state index contributed by atoms with van der Waals surface area (Å²) in [4.78, 5) is 0. The third-order valence-corrected chi connectivity index (χ3v) is 0. The molecule has 0 saturated heterocycles. The van der Waals surface area contributed by atoms with Gasteiger partial charge in [0.15, 0.2) is 0 Å². The first-order chi connectivity index (χ1) is 1.00. The van der Waals surface area contributed by atoms with E-state index in [-0.39, 0.29) is 42.5 Å². The molecule has 0 nitrogen and oxygen atoms in total. The van der Waals surface area contributed by atoms with Crippen LogP contribution in [0.1, 0.15) is 0 Å². The van der Waals surface area contributed by atoms with Crippen molar-refractivity contribution in [2.24, 2.45) is 0 Å². The Labute approximate surface area is 66.7 Å². The first-order valence-electron chi connectivity index (χ1n) is 0.167. The Morgan fingerprint density at radius 2 is 1.25 bits per heavy atom. The van der Waals surface area contributed by atoms with Crippen LogP contribution >= 0.6 is 10.6 Å². The van der Waals surface area contributed by atoms with Crippen molar-refractivity contribution in [1.29, 1.82) is 0 Å². The van der Waals surface area contributed by atoms with Gasteiger partial charge >= 0.3 is 48.0 Å². The molecular formula is H2MgSSeZn. The molecule has 0 aromatic heterocycles. The third-order valence-electron chi connectivity index (χ3n) is 0. The summed E-state index contributed by atoms with van der Waals surface area (Å²) < 4.78 is 0. The van der Waals surface area contributed by atoms with E-state index in [1.54, 1.807) is 0 Å². The summed E-state index contributed by atoms with van der Waals surface area (Å²) in [6, 6.07) is 0. The zero-order chi connectivity index (χ0) is 2.00. The van der Waals surface area contributed by atoms with E-state index in [9.17, 15) is 0 Å². The van der Waals surface area contributed by atoms with Crippen molar-refractivity contribution in [1.82, 2.24) is 0 Å². The second-order valence-electron chi connectivity index (χ2n) is 0. The van der Waals surface area contributed by atoms with Gasteiger partial charge in [0.1, 0.15) is 0 Å².